The van der Waals surface area contributed by atoms with E-state index in [1.54, 1.807) is 27.7 Å². The molecule has 0 aromatic heterocycles. The van der Waals surface area contributed by atoms with Crippen molar-refractivity contribution in [2.24, 2.45) is 0 Å². The van der Waals surface area contributed by atoms with Gasteiger partial charge in [-0.25, -0.2) is 17.5 Å². The fourth-order valence-corrected chi connectivity index (χ4v) is 3.18. The Bertz CT molecular complexity index is 653. The molecule has 124 valence electrons. The van der Waals surface area contributed by atoms with Crippen molar-refractivity contribution < 1.29 is 22.7 Å². The van der Waals surface area contributed by atoms with Crippen LogP contribution in [0.4, 0.5) is 4.39 Å². The molecule has 1 aromatic carbocycles. The van der Waals surface area contributed by atoms with Crippen LogP contribution in [0.1, 0.15) is 38.1 Å². The number of rotatable bonds is 5. The van der Waals surface area contributed by atoms with E-state index in [1.807, 2.05) is 0 Å². The minimum atomic E-state index is -4.09. The number of amides is 1. The Morgan fingerprint density at radius 2 is 1.95 bits per heavy atom. The second-order valence-corrected chi connectivity index (χ2v) is 7.71. The van der Waals surface area contributed by atoms with E-state index in [2.05, 4.69) is 10.0 Å². The number of carbonyl (C=O) groups excluding carboxylic acids is 1. The average Bonchev–Trinajstić information content (AvgIpc) is 2.35. The maximum atomic E-state index is 13.8. The van der Waals surface area contributed by atoms with E-state index >= 15 is 0 Å². The van der Waals surface area contributed by atoms with E-state index in [9.17, 15) is 17.6 Å². The summed E-state index contributed by atoms with van der Waals surface area (Å²) in [7, 11) is -4.09. The molecular formula is C14H21FN2O4S. The first-order chi connectivity index (χ1) is 9.96. The fourth-order valence-electron chi connectivity index (χ4n) is 1.66. The van der Waals surface area contributed by atoms with Gasteiger partial charge in [-0.1, -0.05) is 0 Å². The summed E-state index contributed by atoms with van der Waals surface area (Å²) in [6.07, 6.45) is 0. The molecule has 1 rings (SSSR count). The third kappa shape index (κ3) is 5.04. The highest BCUT2D eigenvalue weighted by Gasteiger charge is 2.26. The molecule has 0 saturated carbocycles. The van der Waals surface area contributed by atoms with Gasteiger partial charge in [-0.2, -0.15) is 0 Å². The van der Waals surface area contributed by atoms with Crippen LogP contribution < -0.4 is 10.0 Å². The lowest BCUT2D eigenvalue weighted by molar-refractivity contribution is 0.0922. The zero-order valence-electron chi connectivity index (χ0n) is 13.0. The average molecular weight is 332 g/mol. The Hall–Kier alpha value is -1.51. The van der Waals surface area contributed by atoms with E-state index < -0.39 is 38.2 Å². The summed E-state index contributed by atoms with van der Waals surface area (Å²) in [6, 6.07) is 2.59. The second-order valence-electron chi connectivity index (χ2n) is 6.06. The lowest BCUT2D eigenvalue weighted by Gasteiger charge is -2.20. The molecule has 3 N–H and O–H groups in total. The van der Waals surface area contributed by atoms with Crippen molar-refractivity contribution in [1.82, 2.24) is 10.0 Å². The van der Waals surface area contributed by atoms with Crippen LogP contribution in [0.25, 0.3) is 0 Å². The Labute approximate surface area is 129 Å². The summed E-state index contributed by atoms with van der Waals surface area (Å²) in [5.41, 5.74) is -0.787. The van der Waals surface area contributed by atoms with Crippen molar-refractivity contribution in [3.63, 3.8) is 0 Å². The van der Waals surface area contributed by atoms with Gasteiger partial charge in [0.05, 0.1) is 6.61 Å². The van der Waals surface area contributed by atoms with Crippen LogP contribution in [0.3, 0.4) is 0 Å². The van der Waals surface area contributed by atoms with E-state index in [0.717, 1.165) is 12.1 Å². The van der Waals surface area contributed by atoms with Crippen LogP contribution in [0, 0.1) is 5.82 Å². The largest absolute Gasteiger partial charge is 0.394 e. The van der Waals surface area contributed by atoms with Gasteiger partial charge in [-0.3, -0.25) is 4.79 Å². The highest BCUT2D eigenvalue weighted by Crippen LogP contribution is 2.18. The zero-order valence-corrected chi connectivity index (χ0v) is 13.8. The summed E-state index contributed by atoms with van der Waals surface area (Å²) >= 11 is 0. The molecule has 0 aliphatic rings. The normalized spacial score (nSPS) is 13.7. The molecule has 6 nitrogen and oxygen atoms in total. The molecule has 22 heavy (non-hydrogen) atoms. The molecule has 0 bridgehead atoms. The topological polar surface area (TPSA) is 95.5 Å². The van der Waals surface area contributed by atoms with Crippen molar-refractivity contribution in [2.75, 3.05) is 6.61 Å². The molecule has 1 atom stereocenters. The highest BCUT2D eigenvalue weighted by molar-refractivity contribution is 7.89. The third-order valence-corrected chi connectivity index (χ3v) is 4.35. The van der Waals surface area contributed by atoms with Gasteiger partial charge in [0.2, 0.25) is 10.0 Å². The van der Waals surface area contributed by atoms with Crippen LogP contribution in [-0.4, -0.2) is 37.6 Å². The number of benzene rings is 1. The predicted molar refractivity (Wildman–Crippen MR) is 80.5 cm³/mol. The summed E-state index contributed by atoms with van der Waals surface area (Å²) in [6.45, 7) is 6.20. The molecule has 0 aliphatic heterocycles. The molecule has 0 saturated heterocycles. The molecule has 1 aromatic rings. The minimum Gasteiger partial charge on any atom is -0.394 e. The van der Waals surface area contributed by atoms with Gasteiger partial charge in [0, 0.05) is 17.1 Å². The van der Waals surface area contributed by atoms with Crippen LogP contribution in [0.5, 0.6) is 0 Å². The van der Waals surface area contributed by atoms with Gasteiger partial charge in [-0.15, -0.1) is 0 Å². The Balaban J connectivity index is 3.18. The summed E-state index contributed by atoms with van der Waals surface area (Å²) in [5.74, 6) is -1.53. The number of hydrogen-bond acceptors (Lipinski definition) is 4. The van der Waals surface area contributed by atoms with Crippen molar-refractivity contribution in [3.05, 3.63) is 29.6 Å². The van der Waals surface area contributed by atoms with Crippen molar-refractivity contribution in [3.8, 4) is 0 Å². The minimum absolute atomic E-state index is 0.00372. The van der Waals surface area contributed by atoms with Gasteiger partial charge < -0.3 is 10.4 Å². The lowest BCUT2D eigenvalue weighted by atomic mass is 10.1. The summed E-state index contributed by atoms with van der Waals surface area (Å²) < 4.78 is 40.6. The van der Waals surface area contributed by atoms with Crippen LogP contribution in [0.2, 0.25) is 0 Å². The second kappa shape index (κ2) is 6.72. The number of hydrogen-bond donors (Lipinski definition) is 3. The lowest BCUT2D eigenvalue weighted by Crippen LogP contribution is -2.41. The molecule has 1 unspecified atom stereocenters. The first kappa shape index (κ1) is 18.5. The quantitative estimate of drug-likeness (QED) is 0.750. The first-order valence-corrected chi connectivity index (χ1v) is 8.20. The molecule has 0 radical (unpaired) electrons. The van der Waals surface area contributed by atoms with Gasteiger partial charge in [-0.05, 0) is 45.9 Å². The number of sulfonamides is 1. The summed E-state index contributed by atoms with van der Waals surface area (Å²) in [4.78, 5) is 11.3. The molecule has 0 fully saturated rings. The van der Waals surface area contributed by atoms with Gasteiger partial charge >= 0.3 is 0 Å². The smallest absolute Gasteiger partial charge is 0.251 e. The fraction of sp³-hybridized carbons (Fsp3) is 0.500. The monoisotopic (exact) mass is 332 g/mol. The molecular weight excluding hydrogens is 311 g/mol. The highest BCUT2D eigenvalue weighted by atomic mass is 32.2. The summed E-state index contributed by atoms with van der Waals surface area (Å²) in [5, 5.41) is 11.4. The van der Waals surface area contributed by atoms with Gasteiger partial charge in [0.15, 0.2) is 0 Å². The third-order valence-electron chi connectivity index (χ3n) is 2.57. The molecule has 0 aliphatic carbocycles. The Morgan fingerprint density at radius 3 is 2.45 bits per heavy atom. The van der Waals surface area contributed by atoms with Crippen molar-refractivity contribution >= 4 is 15.9 Å². The van der Waals surface area contributed by atoms with Gasteiger partial charge in [0.25, 0.3) is 5.91 Å². The van der Waals surface area contributed by atoms with E-state index in [1.165, 1.54) is 6.07 Å². The Kier molecular flexibility index (Phi) is 5.66. The predicted octanol–water partition coefficient (Wildman–Crippen LogP) is 1.01. The molecule has 1 amide bonds. The standard InChI is InChI=1S/C14H21FN2O4S/c1-9(8-18)16-13(19)10-5-6-11(15)12(7-10)22(20,21)17-14(2,3)4/h5-7,9,17-18H,8H2,1-4H3,(H,16,19). The van der Waals surface area contributed by atoms with Crippen LogP contribution in [-0.2, 0) is 10.0 Å². The number of nitrogens with one attached hydrogen (secondary N) is 2. The zero-order chi connectivity index (χ0) is 17.1. The van der Waals surface area contributed by atoms with Crippen molar-refractivity contribution in [1.29, 1.82) is 0 Å². The van der Waals surface area contributed by atoms with E-state index in [4.69, 9.17) is 5.11 Å². The molecule has 0 heterocycles. The number of halogens is 1. The van der Waals surface area contributed by atoms with Crippen LogP contribution in [0.15, 0.2) is 23.1 Å². The Morgan fingerprint density at radius 1 is 1.36 bits per heavy atom. The van der Waals surface area contributed by atoms with Gasteiger partial charge in [0.1, 0.15) is 10.7 Å². The maximum absolute atomic E-state index is 13.8. The van der Waals surface area contributed by atoms with Crippen LogP contribution >= 0.6 is 0 Å². The number of carbonyl (C=O) groups is 1. The SMILES string of the molecule is CC(CO)NC(=O)c1ccc(F)c(S(=O)(=O)NC(C)(C)C)c1. The number of aliphatic hydroxyl groups excluding tert-OH is 1. The maximum Gasteiger partial charge on any atom is 0.251 e. The molecule has 0 spiro atoms. The van der Waals surface area contributed by atoms with E-state index in [-0.39, 0.29) is 12.2 Å². The van der Waals surface area contributed by atoms with E-state index in [0.29, 0.717) is 0 Å². The number of aliphatic hydroxyl groups is 1. The van der Waals surface area contributed by atoms with Crippen molar-refractivity contribution in [2.45, 2.75) is 44.2 Å². The molecule has 8 heteroatoms. The first-order valence-electron chi connectivity index (χ1n) is 6.71.